The van der Waals surface area contributed by atoms with Gasteiger partial charge in [0.25, 0.3) is 0 Å². The lowest BCUT2D eigenvalue weighted by molar-refractivity contribution is 0.253. The minimum atomic E-state index is -0.175. The zero-order valence-corrected chi connectivity index (χ0v) is 11.1. The van der Waals surface area contributed by atoms with Crippen LogP contribution in [0.2, 0.25) is 0 Å². The SMILES string of the molecule is CN1CCC(c2csc(CC(N)CO)n2)CC1. The molecular weight excluding hydrogens is 234 g/mol. The first kappa shape index (κ1) is 13.0. The van der Waals surface area contributed by atoms with E-state index in [4.69, 9.17) is 10.8 Å². The maximum Gasteiger partial charge on any atom is 0.0944 e. The van der Waals surface area contributed by atoms with E-state index >= 15 is 0 Å². The van der Waals surface area contributed by atoms with Gasteiger partial charge in [0.1, 0.15) is 0 Å². The monoisotopic (exact) mass is 255 g/mol. The summed E-state index contributed by atoms with van der Waals surface area (Å²) in [7, 11) is 2.17. The predicted molar refractivity (Wildman–Crippen MR) is 70.4 cm³/mol. The van der Waals surface area contributed by atoms with Crippen molar-refractivity contribution in [2.75, 3.05) is 26.7 Å². The van der Waals surface area contributed by atoms with E-state index in [9.17, 15) is 0 Å². The summed E-state index contributed by atoms with van der Waals surface area (Å²) < 4.78 is 0. The summed E-state index contributed by atoms with van der Waals surface area (Å²) >= 11 is 1.67. The Morgan fingerprint density at radius 1 is 1.59 bits per heavy atom. The van der Waals surface area contributed by atoms with Crippen LogP contribution in [0.5, 0.6) is 0 Å². The number of aromatic nitrogens is 1. The van der Waals surface area contributed by atoms with Crippen LogP contribution in [-0.2, 0) is 6.42 Å². The number of thiazole rings is 1. The van der Waals surface area contributed by atoms with Crippen molar-refractivity contribution in [3.05, 3.63) is 16.1 Å². The van der Waals surface area contributed by atoms with Crippen LogP contribution < -0.4 is 5.73 Å². The van der Waals surface area contributed by atoms with Gasteiger partial charge >= 0.3 is 0 Å². The third-order valence-corrected chi connectivity index (χ3v) is 4.27. The standard InChI is InChI=1S/C12H21N3OS/c1-15-4-2-9(3-5-15)11-8-17-12(14-11)6-10(13)7-16/h8-10,16H,2-7,13H2,1H3. The molecule has 1 saturated heterocycles. The lowest BCUT2D eigenvalue weighted by atomic mass is 9.94. The smallest absolute Gasteiger partial charge is 0.0944 e. The number of rotatable bonds is 4. The van der Waals surface area contributed by atoms with Crippen molar-refractivity contribution in [3.8, 4) is 0 Å². The molecule has 17 heavy (non-hydrogen) atoms. The molecule has 2 rings (SSSR count). The number of aliphatic hydroxyl groups is 1. The van der Waals surface area contributed by atoms with Crippen molar-refractivity contribution in [1.29, 1.82) is 0 Å². The fourth-order valence-corrected chi connectivity index (χ4v) is 3.17. The molecule has 0 amide bonds. The van der Waals surface area contributed by atoms with Gasteiger partial charge in [0, 0.05) is 23.8 Å². The number of nitrogens with two attached hydrogens (primary N) is 1. The topological polar surface area (TPSA) is 62.4 Å². The molecule has 0 spiro atoms. The van der Waals surface area contributed by atoms with Crippen molar-refractivity contribution in [2.24, 2.45) is 5.73 Å². The van der Waals surface area contributed by atoms with E-state index < -0.39 is 0 Å². The third-order valence-electron chi connectivity index (χ3n) is 3.38. The number of piperidine rings is 1. The quantitative estimate of drug-likeness (QED) is 0.836. The van der Waals surface area contributed by atoms with E-state index in [0.29, 0.717) is 12.3 Å². The predicted octanol–water partition coefficient (Wildman–Crippen LogP) is 0.814. The van der Waals surface area contributed by atoms with Crippen LogP contribution in [0.25, 0.3) is 0 Å². The minimum absolute atomic E-state index is 0.0309. The average molecular weight is 255 g/mol. The fourth-order valence-electron chi connectivity index (χ4n) is 2.20. The van der Waals surface area contributed by atoms with Gasteiger partial charge in [-0.2, -0.15) is 0 Å². The van der Waals surface area contributed by atoms with Crippen LogP contribution in [0, 0.1) is 0 Å². The molecule has 1 unspecified atom stereocenters. The van der Waals surface area contributed by atoms with Gasteiger partial charge in [-0.05, 0) is 33.0 Å². The van der Waals surface area contributed by atoms with Crippen LogP contribution >= 0.6 is 11.3 Å². The number of nitrogens with zero attached hydrogens (tertiary/aromatic N) is 2. The maximum atomic E-state index is 8.93. The Bertz CT molecular complexity index is 347. The summed E-state index contributed by atoms with van der Waals surface area (Å²) in [5.74, 6) is 0.613. The Kier molecular flexibility index (Phi) is 4.50. The van der Waals surface area contributed by atoms with Gasteiger partial charge in [-0.25, -0.2) is 4.98 Å². The summed E-state index contributed by atoms with van der Waals surface area (Å²) in [6.45, 7) is 2.35. The maximum absolute atomic E-state index is 8.93. The zero-order valence-electron chi connectivity index (χ0n) is 10.3. The van der Waals surface area contributed by atoms with E-state index in [2.05, 4.69) is 22.3 Å². The zero-order chi connectivity index (χ0) is 12.3. The first-order valence-electron chi connectivity index (χ1n) is 6.18. The molecule has 2 heterocycles. The molecule has 96 valence electrons. The Labute approximate surface area is 106 Å². The van der Waals surface area contributed by atoms with Gasteiger partial charge in [-0.15, -0.1) is 11.3 Å². The number of hydrogen-bond donors (Lipinski definition) is 2. The molecule has 0 bridgehead atoms. The molecule has 0 aliphatic carbocycles. The van der Waals surface area contributed by atoms with Crippen LogP contribution in [0.3, 0.4) is 0 Å². The van der Waals surface area contributed by atoms with E-state index in [-0.39, 0.29) is 12.6 Å². The van der Waals surface area contributed by atoms with E-state index in [1.165, 1.54) is 18.5 Å². The Morgan fingerprint density at radius 3 is 2.94 bits per heavy atom. The molecule has 3 N–H and O–H groups in total. The molecular formula is C12H21N3OS. The molecule has 5 heteroatoms. The highest BCUT2D eigenvalue weighted by atomic mass is 32.1. The summed E-state index contributed by atoms with van der Waals surface area (Å²) in [5, 5.41) is 12.1. The number of likely N-dealkylation sites (tertiary alicyclic amines) is 1. The highest BCUT2D eigenvalue weighted by Gasteiger charge is 2.20. The molecule has 4 nitrogen and oxygen atoms in total. The largest absolute Gasteiger partial charge is 0.395 e. The molecule has 0 aromatic carbocycles. The second kappa shape index (κ2) is 5.91. The van der Waals surface area contributed by atoms with E-state index in [1.807, 2.05) is 0 Å². The van der Waals surface area contributed by atoms with Crippen LogP contribution in [-0.4, -0.2) is 47.8 Å². The van der Waals surface area contributed by atoms with Gasteiger partial charge < -0.3 is 15.7 Å². The van der Waals surface area contributed by atoms with Gasteiger partial charge in [0.2, 0.25) is 0 Å². The van der Waals surface area contributed by atoms with Crippen molar-refractivity contribution in [3.63, 3.8) is 0 Å². The van der Waals surface area contributed by atoms with Crippen molar-refractivity contribution in [1.82, 2.24) is 9.88 Å². The minimum Gasteiger partial charge on any atom is -0.395 e. The Morgan fingerprint density at radius 2 is 2.29 bits per heavy atom. The van der Waals surface area contributed by atoms with E-state index in [1.54, 1.807) is 11.3 Å². The molecule has 1 atom stereocenters. The molecule has 1 fully saturated rings. The summed E-state index contributed by atoms with van der Waals surface area (Å²) in [6.07, 6.45) is 3.09. The second-order valence-electron chi connectivity index (χ2n) is 4.89. The van der Waals surface area contributed by atoms with Gasteiger partial charge in [-0.1, -0.05) is 0 Å². The van der Waals surface area contributed by atoms with Crippen LogP contribution in [0.15, 0.2) is 5.38 Å². The van der Waals surface area contributed by atoms with Crippen LogP contribution in [0.4, 0.5) is 0 Å². The van der Waals surface area contributed by atoms with Gasteiger partial charge in [0.15, 0.2) is 0 Å². The molecule has 1 aromatic rings. The Balaban J connectivity index is 1.93. The summed E-state index contributed by atoms with van der Waals surface area (Å²) in [4.78, 5) is 7.02. The van der Waals surface area contributed by atoms with Gasteiger partial charge in [0.05, 0.1) is 17.3 Å². The van der Waals surface area contributed by atoms with Crippen molar-refractivity contribution >= 4 is 11.3 Å². The third kappa shape index (κ3) is 3.48. The molecule has 0 radical (unpaired) electrons. The Hall–Kier alpha value is -0.490. The van der Waals surface area contributed by atoms with E-state index in [0.717, 1.165) is 18.1 Å². The lowest BCUT2D eigenvalue weighted by Gasteiger charge is -2.27. The molecule has 1 aromatic heterocycles. The molecule has 0 saturated carbocycles. The number of aliphatic hydroxyl groups excluding tert-OH is 1. The van der Waals surface area contributed by atoms with Crippen molar-refractivity contribution < 1.29 is 5.11 Å². The normalized spacial score (nSPS) is 20.6. The number of hydrogen-bond acceptors (Lipinski definition) is 5. The first-order chi connectivity index (χ1) is 8.19. The lowest BCUT2D eigenvalue weighted by Crippen LogP contribution is -2.29. The van der Waals surface area contributed by atoms with Gasteiger partial charge in [-0.3, -0.25) is 0 Å². The fraction of sp³-hybridized carbons (Fsp3) is 0.750. The highest BCUT2D eigenvalue weighted by molar-refractivity contribution is 7.09. The average Bonchev–Trinajstić information content (AvgIpc) is 2.78. The molecule has 1 aliphatic rings. The molecule has 1 aliphatic heterocycles. The van der Waals surface area contributed by atoms with Crippen molar-refractivity contribution in [2.45, 2.75) is 31.2 Å². The second-order valence-corrected chi connectivity index (χ2v) is 5.83. The van der Waals surface area contributed by atoms with Crippen LogP contribution in [0.1, 0.15) is 29.5 Å². The first-order valence-corrected chi connectivity index (χ1v) is 7.06. The summed E-state index contributed by atoms with van der Waals surface area (Å²) in [6, 6.07) is -0.175. The highest BCUT2D eigenvalue weighted by Crippen LogP contribution is 2.28. The summed E-state index contributed by atoms with van der Waals surface area (Å²) in [5.41, 5.74) is 6.95.